The van der Waals surface area contributed by atoms with Gasteiger partial charge in [-0.2, -0.15) is 0 Å². The van der Waals surface area contributed by atoms with Crippen LogP contribution in [0.2, 0.25) is 0 Å². The monoisotopic (exact) mass is 225 g/mol. The van der Waals surface area contributed by atoms with Gasteiger partial charge in [0.1, 0.15) is 0 Å². The minimum atomic E-state index is -0.995. The van der Waals surface area contributed by atoms with Crippen molar-refractivity contribution in [3.05, 3.63) is 11.4 Å². The van der Waals surface area contributed by atoms with Crippen LogP contribution >= 0.6 is 0 Å². The van der Waals surface area contributed by atoms with Gasteiger partial charge in [0.05, 0.1) is 11.7 Å². The summed E-state index contributed by atoms with van der Waals surface area (Å²) < 4.78 is 1.75. The Hall–Kier alpha value is -1.39. The highest BCUT2D eigenvalue weighted by Gasteiger charge is 2.22. The van der Waals surface area contributed by atoms with Gasteiger partial charge >= 0.3 is 5.97 Å². The Morgan fingerprint density at radius 1 is 1.44 bits per heavy atom. The first-order valence-electron chi connectivity index (χ1n) is 5.66. The van der Waals surface area contributed by atoms with Gasteiger partial charge in [-0.25, -0.2) is 9.48 Å². The number of carboxylic acid groups (broad SMARTS) is 1. The van der Waals surface area contributed by atoms with E-state index in [2.05, 4.69) is 24.2 Å². The van der Waals surface area contributed by atoms with Crippen molar-refractivity contribution in [3.63, 3.8) is 0 Å². The van der Waals surface area contributed by atoms with E-state index in [0.717, 1.165) is 12.1 Å². The predicted molar refractivity (Wildman–Crippen MR) is 60.5 cm³/mol. The summed E-state index contributed by atoms with van der Waals surface area (Å²) in [6.07, 6.45) is 1.59. The van der Waals surface area contributed by atoms with Crippen molar-refractivity contribution in [2.75, 3.05) is 0 Å². The summed E-state index contributed by atoms with van der Waals surface area (Å²) in [6, 6.07) is 0.169. The molecule has 16 heavy (non-hydrogen) atoms. The molecule has 0 bridgehead atoms. The standard InChI is InChI=1S/C11H19N3O2/c1-5-6-9-10(11(15)16)12-13-14(9)8(4)7(2)3/h7-8H,5-6H2,1-4H3,(H,15,16). The number of carbonyl (C=O) groups is 1. The van der Waals surface area contributed by atoms with Crippen LogP contribution in [-0.2, 0) is 6.42 Å². The molecule has 0 aliphatic heterocycles. The zero-order valence-corrected chi connectivity index (χ0v) is 10.3. The second kappa shape index (κ2) is 5.09. The summed E-state index contributed by atoms with van der Waals surface area (Å²) >= 11 is 0. The van der Waals surface area contributed by atoms with E-state index in [9.17, 15) is 4.79 Å². The van der Waals surface area contributed by atoms with Crippen LogP contribution in [0.15, 0.2) is 0 Å². The van der Waals surface area contributed by atoms with E-state index in [1.807, 2.05) is 13.8 Å². The summed E-state index contributed by atoms with van der Waals surface area (Å²) in [5.41, 5.74) is 0.825. The van der Waals surface area contributed by atoms with Crippen molar-refractivity contribution >= 4 is 5.97 Å². The zero-order chi connectivity index (χ0) is 12.3. The molecule has 1 unspecified atom stereocenters. The summed E-state index contributed by atoms with van der Waals surface area (Å²) in [4.78, 5) is 11.0. The van der Waals surface area contributed by atoms with Crippen LogP contribution in [0, 0.1) is 5.92 Å². The highest BCUT2D eigenvalue weighted by atomic mass is 16.4. The first kappa shape index (κ1) is 12.7. The molecule has 5 heteroatoms. The molecule has 0 saturated heterocycles. The van der Waals surface area contributed by atoms with Crippen LogP contribution in [-0.4, -0.2) is 26.1 Å². The fraction of sp³-hybridized carbons (Fsp3) is 0.727. The Kier molecular flexibility index (Phi) is 4.04. The number of rotatable bonds is 5. The highest BCUT2D eigenvalue weighted by molar-refractivity contribution is 5.86. The Labute approximate surface area is 95.5 Å². The van der Waals surface area contributed by atoms with E-state index in [1.54, 1.807) is 4.68 Å². The maximum atomic E-state index is 11.0. The molecule has 1 atom stereocenters. The molecule has 1 heterocycles. The second-order valence-corrected chi connectivity index (χ2v) is 4.37. The molecule has 1 N–H and O–H groups in total. The van der Waals surface area contributed by atoms with Crippen LogP contribution in [0.25, 0.3) is 0 Å². The van der Waals surface area contributed by atoms with Crippen molar-refractivity contribution in [1.82, 2.24) is 15.0 Å². The predicted octanol–water partition coefficient (Wildman–Crippen LogP) is 2.15. The first-order valence-corrected chi connectivity index (χ1v) is 5.66. The number of nitrogens with zero attached hydrogens (tertiary/aromatic N) is 3. The Bertz CT molecular complexity index is 371. The minimum absolute atomic E-state index is 0.0920. The summed E-state index contributed by atoms with van der Waals surface area (Å²) in [5.74, 6) is -0.593. The summed E-state index contributed by atoms with van der Waals surface area (Å²) in [6.45, 7) is 8.22. The minimum Gasteiger partial charge on any atom is -0.476 e. The van der Waals surface area contributed by atoms with Crippen molar-refractivity contribution < 1.29 is 9.90 Å². The van der Waals surface area contributed by atoms with E-state index < -0.39 is 5.97 Å². The van der Waals surface area contributed by atoms with E-state index >= 15 is 0 Å². The lowest BCUT2D eigenvalue weighted by Crippen LogP contribution is -2.16. The van der Waals surface area contributed by atoms with Crippen molar-refractivity contribution in [2.24, 2.45) is 5.92 Å². The zero-order valence-electron chi connectivity index (χ0n) is 10.3. The van der Waals surface area contributed by atoms with Crippen LogP contribution in [0.5, 0.6) is 0 Å². The molecule has 5 nitrogen and oxygen atoms in total. The molecule has 1 aromatic rings. The average molecular weight is 225 g/mol. The third kappa shape index (κ3) is 2.40. The van der Waals surface area contributed by atoms with E-state index in [4.69, 9.17) is 5.11 Å². The third-order valence-electron chi connectivity index (χ3n) is 2.83. The Morgan fingerprint density at radius 2 is 2.06 bits per heavy atom. The largest absolute Gasteiger partial charge is 0.476 e. The SMILES string of the molecule is CCCc1c(C(=O)O)nnn1C(C)C(C)C. The quantitative estimate of drug-likeness (QED) is 0.833. The molecular formula is C11H19N3O2. The van der Waals surface area contributed by atoms with Gasteiger partial charge < -0.3 is 5.11 Å². The summed E-state index contributed by atoms with van der Waals surface area (Å²) in [5, 5.41) is 16.7. The molecule has 0 amide bonds. The van der Waals surface area contributed by atoms with Gasteiger partial charge in [-0.05, 0) is 19.3 Å². The molecule has 0 saturated carbocycles. The number of hydrogen-bond acceptors (Lipinski definition) is 3. The molecule has 1 rings (SSSR count). The topological polar surface area (TPSA) is 68.0 Å². The van der Waals surface area contributed by atoms with Crippen LogP contribution in [0.4, 0.5) is 0 Å². The molecule has 1 aromatic heterocycles. The van der Waals surface area contributed by atoms with Gasteiger partial charge in [0.2, 0.25) is 0 Å². The molecule has 0 aliphatic rings. The fourth-order valence-electron chi connectivity index (χ4n) is 1.56. The first-order chi connectivity index (χ1) is 7.49. The molecule has 0 fully saturated rings. The lowest BCUT2D eigenvalue weighted by molar-refractivity contribution is 0.0689. The molecular weight excluding hydrogens is 206 g/mol. The van der Waals surface area contributed by atoms with Gasteiger partial charge in [-0.15, -0.1) is 5.10 Å². The van der Waals surface area contributed by atoms with Gasteiger partial charge in [0.25, 0.3) is 0 Å². The third-order valence-corrected chi connectivity index (χ3v) is 2.83. The van der Waals surface area contributed by atoms with Crippen molar-refractivity contribution in [2.45, 2.75) is 46.6 Å². The van der Waals surface area contributed by atoms with E-state index in [1.165, 1.54) is 0 Å². The highest BCUT2D eigenvalue weighted by Crippen LogP contribution is 2.20. The van der Waals surface area contributed by atoms with E-state index in [0.29, 0.717) is 12.3 Å². The van der Waals surface area contributed by atoms with Gasteiger partial charge in [-0.1, -0.05) is 32.4 Å². The Balaban J connectivity index is 3.14. The van der Waals surface area contributed by atoms with Gasteiger partial charge in [0.15, 0.2) is 5.69 Å². The second-order valence-electron chi connectivity index (χ2n) is 4.37. The molecule has 90 valence electrons. The van der Waals surface area contributed by atoms with Crippen LogP contribution in [0.1, 0.15) is 56.3 Å². The fourth-order valence-corrected chi connectivity index (χ4v) is 1.56. The number of hydrogen-bond donors (Lipinski definition) is 1. The number of aromatic nitrogens is 3. The summed E-state index contributed by atoms with van der Waals surface area (Å²) in [7, 11) is 0. The Morgan fingerprint density at radius 3 is 2.50 bits per heavy atom. The smallest absolute Gasteiger partial charge is 0.358 e. The normalized spacial score (nSPS) is 13.1. The molecule has 0 radical (unpaired) electrons. The average Bonchev–Trinajstić information content (AvgIpc) is 2.61. The van der Waals surface area contributed by atoms with Crippen LogP contribution < -0.4 is 0 Å². The van der Waals surface area contributed by atoms with Gasteiger partial charge in [0, 0.05) is 0 Å². The molecule has 0 spiro atoms. The molecule has 0 aromatic carbocycles. The van der Waals surface area contributed by atoms with Crippen molar-refractivity contribution in [3.8, 4) is 0 Å². The van der Waals surface area contributed by atoms with Crippen LogP contribution in [0.3, 0.4) is 0 Å². The number of aromatic carboxylic acids is 1. The molecule has 0 aliphatic carbocycles. The number of carboxylic acids is 1. The lowest BCUT2D eigenvalue weighted by atomic mass is 10.1. The maximum Gasteiger partial charge on any atom is 0.358 e. The van der Waals surface area contributed by atoms with E-state index in [-0.39, 0.29) is 11.7 Å². The maximum absolute atomic E-state index is 11.0. The lowest BCUT2D eigenvalue weighted by Gasteiger charge is -2.18. The van der Waals surface area contributed by atoms with Crippen molar-refractivity contribution in [1.29, 1.82) is 0 Å². The van der Waals surface area contributed by atoms with Gasteiger partial charge in [-0.3, -0.25) is 0 Å².